The first-order valence-corrected chi connectivity index (χ1v) is 24.7. The van der Waals surface area contributed by atoms with Crippen molar-refractivity contribution in [1.29, 1.82) is 0 Å². The Morgan fingerprint density at radius 1 is 0.757 bits per heavy atom. The molecular weight excluding hydrogens is 587 g/mol. The van der Waals surface area contributed by atoms with Crippen LogP contribution in [0.1, 0.15) is 70.2 Å². The third-order valence-electron chi connectivity index (χ3n) is 8.22. The third-order valence-corrected chi connectivity index (χ3v) is 31.4. The summed E-state index contributed by atoms with van der Waals surface area (Å²) in [6.07, 6.45) is 9.49. The second-order valence-electron chi connectivity index (χ2n) is 12.9. The fourth-order valence-electron chi connectivity index (χ4n) is 6.18. The fourth-order valence-corrected chi connectivity index (χ4v) is 28.9. The van der Waals surface area contributed by atoms with Gasteiger partial charge in [-0.15, -0.1) is 24.8 Å². The quantitative estimate of drug-likeness (QED) is 0.203. The van der Waals surface area contributed by atoms with Gasteiger partial charge in [0.1, 0.15) is 0 Å². The molecule has 0 aliphatic heterocycles. The normalized spacial score (nSPS) is 16.0. The largest absolute Gasteiger partial charge is 0.147 e. The van der Waals surface area contributed by atoms with Crippen molar-refractivity contribution in [2.75, 3.05) is 0 Å². The topological polar surface area (TPSA) is 0 Å². The van der Waals surface area contributed by atoms with E-state index in [4.69, 9.17) is 0 Å². The molecule has 2 aliphatic rings. The van der Waals surface area contributed by atoms with Gasteiger partial charge in [-0.2, -0.15) is 0 Å². The van der Waals surface area contributed by atoms with E-state index in [1.54, 1.807) is 22.9 Å². The second-order valence-corrected chi connectivity index (χ2v) is 34.5. The van der Waals surface area contributed by atoms with Crippen LogP contribution >= 0.6 is 24.8 Å². The molecule has 3 aromatic rings. The zero-order chi connectivity index (χ0) is 25.0. The molecule has 0 fully saturated rings. The average Bonchev–Trinajstić information content (AvgIpc) is 3.46. The zero-order valence-electron chi connectivity index (χ0n) is 23.4. The smallest absolute Gasteiger partial charge is 0.147 e. The van der Waals surface area contributed by atoms with Crippen LogP contribution in [-0.4, -0.2) is 6.65 Å². The van der Waals surface area contributed by atoms with Crippen molar-refractivity contribution in [2.45, 2.75) is 69.8 Å². The van der Waals surface area contributed by atoms with Gasteiger partial charge >= 0.3 is 220 Å². The molecule has 37 heavy (non-hydrogen) atoms. The van der Waals surface area contributed by atoms with Crippen LogP contribution in [-0.2, 0) is 36.7 Å². The Morgan fingerprint density at radius 3 is 2.05 bits per heavy atom. The summed E-state index contributed by atoms with van der Waals surface area (Å²) in [5.74, 6) is 0. The van der Waals surface area contributed by atoms with Gasteiger partial charge in [0, 0.05) is 0 Å². The van der Waals surface area contributed by atoms with E-state index in [0.717, 1.165) is 6.42 Å². The van der Waals surface area contributed by atoms with Crippen molar-refractivity contribution >= 4 is 39.9 Å². The fraction of sp³-hybridized carbons (Fsp3) is 0.333. The molecule has 0 N–H and O–H groups in total. The predicted octanol–water partition coefficient (Wildman–Crippen LogP) is 7.78. The molecule has 0 heterocycles. The Morgan fingerprint density at radius 2 is 1.46 bits per heavy atom. The molecule has 0 spiro atoms. The van der Waals surface area contributed by atoms with Crippen LogP contribution in [0.5, 0.6) is 0 Å². The molecule has 0 radical (unpaired) electrons. The minimum atomic E-state index is -2.86. The van der Waals surface area contributed by atoms with Gasteiger partial charge < -0.3 is 0 Å². The first-order valence-electron chi connectivity index (χ1n) is 13.2. The van der Waals surface area contributed by atoms with Crippen LogP contribution in [0, 0.1) is 0 Å². The average molecular weight is 629 g/mol. The molecule has 1 unspecified atom stereocenters. The molecule has 0 bridgehead atoms. The van der Waals surface area contributed by atoms with Crippen molar-refractivity contribution < 1.29 is 19.4 Å². The number of fused-ring (bicyclic) bond motifs is 3. The number of benzene rings is 3. The monoisotopic (exact) mass is 626 g/mol. The van der Waals surface area contributed by atoms with Crippen molar-refractivity contribution in [2.24, 2.45) is 0 Å². The standard InChI is InChI=1S/C21H25.C6H7Si.C5H5.CH3.2ClH.Zr/c1-20(2,3)15-11-10-14-12-18-16(17(14)13-15)8-7-9-19(18)21(4,5)6;7-6-4-2-1-3-5-6;1-2-4-5-3-1;;;;/h7-9,11,13H,12H2,1-6H3;1-5H,7H2;1-3H,4H2;1H3;2*1H;. The van der Waals surface area contributed by atoms with Gasteiger partial charge in [-0.25, -0.2) is 0 Å². The summed E-state index contributed by atoms with van der Waals surface area (Å²) in [6, 6.07) is 23.8. The Balaban J connectivity index is 0.00000190. The number of hydrogen-bond acceptors (Lipinski definition) is 0. The Kier molecular flexibility index (Phi) is 9.13. The van der Waals surface area contributed by atoms with Crippen molar-refractivity contribution in [3.05, 3.63) is 104 Å². The summed E-state index contributed by atoms with van der Waals surface area (Å²) in [4.78, 5) is 0. The Hall–Kier alpha value is -1.18. The summed E-state index contributed by atoms with van der Waals surface area (Å²) in [7, 11) is 0. The van der Waals surface area contributed by atoms with E-state index < -0.39 is 26.1 Å². The summed E-state index contributed by atoms with van der Waals surface area (Å²) in [6.45, 7) is 13.8. The minimum absolute atomic E-state index is 0. The van der Waals surface area contributed by atoms with E-state index >= 15 is 0 Å². The molecule has 196 valence electrons. The molecular formula is C33H42Cl2SiZr. The van der Waals surface area contributed by atoms with Crippen molar-refractivity contribution in [1.82, 2.24) is 0 Å². The van der Waals surface area contributed by atoms with E-state index in [1.165, 1.54) is 28.7 Å². The molecule has 0 saturated heterocycles. The first kappa shape index (κ1) is 30.4. The molecule has 1 atom stereocenters. The molecule has 0 amide bonds. The minimum Gasteiger partial charge on any atom is -0.147 e. The predicted molar refractivity (Wildman–Crippen MR) is 169 cm³/mol. The van der Waals surface area contributed by atoms with Crippen LogP contribution in [0.15, 0.2) is 82.2 Å². The van der Waals surface area contributed by atoms with Crippen LogP contribution in [0.4, 0.5) is 0 Å². The zero-order valence-corrected chi connectivity index (χ0v) is 28.9. The number of allylic oxidation sites excluding steroid dienone is 4. The van der Waals surface area contributed by atoms with E-state index in [9.17, 15) is 0 Å². The van der Waals surface area contributed by atoms with Crippen LogP contribution < -0.4 is 8.46 Å². The summed E-state index contributed by atoms with van der Waals surface area (Å²) >= 11 is -2.86. The van der Waals surface area contributed by atoms with Crippen LogP contribution in [0.3, 0.4) is 0 Å². The van der Waals surface area contributed by atoms with Gasteiger partial charge in [0.05, 0.1) is 0 Å². The maximum atomic E-state index is 2.77. The van der Waals surface area contributed by atoms with E-state index in [1.807, 2.05) is 0 Å². The van der Waals surface area contributed by atoms with Crippen LogP contribution in [0.2, 0.25) is 4.63 Å². The van der Waals surface area contributed by atoms with Gasteiger partial charge in [-0.1, -0.05) is 0 Å². The van der Waals surface area contributed by atoms with Gasteiger partial charge in [-0.05, 0) is 0 Å². The maximum Gasteiger partial charge on any atom is -0.147 e. The van der Waals surface area contributed by atoms with Gasteiger partial charge in [0.15, 0.2) is 0 Å². The summed E-state index contributed by atoms with van der Waals surface area (Å²) in [5.41, 5.74) is 9.60. The van der Waals surface area contributed by atoms with E-state index in [-0.39, 0.29) is 35.6 Å². The summed E-state index contributed by atoms with van der Waals surface area (Å²) < 4.78 is 6.36. The molecule has 0 saturated carbocycles. The molecule has 0 aromatic heterocycles. The number of halogens is 2. The van der Waals surface area contributed by atoms with Crippen LogP contribution in [0.25, 0.3) is 11.1 Å². The number of rotatable bonds is 4. The Bertz CT molecular complexity index is 1340. The number of hydrogen-bond donors (Lipinski definition) is 0. The molecule has 0 nitrogen and oxygen atoms in total. The van der Waals surface area contributed by atoms with E-state index in [2.05, 4.69) is 125 Å². The molecule has 5 rings (SSSR count). The summed E-state index contributed by atoms with van der Waals surface area (Å²) in [5, 5.41) is 1.64. The van der Waals surface area contributed by atoms with Gasteiger partial charge in [0.2, 0.25) is 0 Å². The third kappa shape index (κ3) is 5.74. The van der Waals surface area contributed by atoms with E-state index in [0.29, 0.717) is 0 Å². The molecule has 4 heteroatoms. The first-order chi connectivity index (χ1) is 16.5. The van der Waals surface area contributed by atoms with Gasteiger partial charge in [0.25, 0.3) is 0 Å². The SMILES string of the molecule is CC(C)(C)c1cc2c([c]([Zr]([CH3])([SiH2]c3ccccc3)[C]3=CC=CC3)c1)Cc1c-2cccc1C(C)(C)C.Cl.Cl. The van der Waals surface area contributed by atoms with Crippen molar-refractivity contribution in [3.8, 4) is 11.1 Å². The molecule has 2 aliphatic carbocycles. The molecule has 3 aromatic carbocycles. The maximum absolute atomic E-state index is 2.86. The Labute approximate surface area is 243 Å². The van der Waals surface area contributed by atoms with Gasteiger partial charge in [-0.3, -0.25) is 0 Å². The van der Waals surface area contributed by atoms with Crippen molar-refractivity contribution in [3.63, 3.8) is 0 Å². The second kappa shape index (κ2) is 11.1.